The van der Waals surface area contributed by atoms with Crippen LogP contribution in [0.2, 0.25) is 5.02 Å². The highest BCUT2D eigenvalue weighted by Gasteiger charge is 2.12. The van der Waals surface area contributed by atoms with Crippen LogP contribution < -0.4 is 0 Å². The second kappa shape index (κ2) is 5.48. The molecule has 1 atom stereocenters. The minimum atomic E-state index is -0.652. The van der Waals surface area contributed by atoms with Gasteiger partial charge in [-0.25, -0.2) is 4.39 Å². The van der Waals surface area contributed by atoms with Gasteiger partial charge in [-0.2, -0.15) is 0 Å². The smallest absolute Gasteiger partial charge is 0.124 e. The van der Waals surface area contributed by atoms with Gasteiger partial charge in [-0.1, -0.05) is 27.5 Å². The Hall–Kier alpha value is -0.420. The molecule has 1 nitrogen and oxygen atoms in total. The molecule has 1 aromatic heterocycles. The maximum Gasteiger partial charge on any atom is 0.124 e. The van der Waals surface area contributed by atoms with Gasteiger partial charge in [-0.05, 0) is 29.8 Å². The van der Waals surface area contributed by atoms with Crippen LogP contribution >= 0.6 is 38.9 Å². The molecule has 0 bridgehead atoms. The van der Waals surface area contributed by atoms with Gasteiger partial charge in [0.2, 0.25) is 0 Å². The second-order valence-corrected chi connectivity index (χ2v) is 5.96. The first-order valence-corrected chi connectivity index (χ1v) is 6.96. The van der Waals surface area contributed by atoms with E-state index in [0.29, 0.717) is 15.9 Å². The summed E-state index contributed by atoms with van der Waals surface area (Å²) in [6, 6.07) is 6.33. The lowest BCUT2D eigenvalue weighted by atomic mass is 10.1. The Morgan fingerprint density at radius 3 is 2.71 bits per heavy atom. The Balaban J connectivity index is 2.15. The maximum atomic E-state index is 13.2. The van der Waals surface area contributed by atoms with Gasteiger partial charge in [-0.3, -0.25) is 0 Å². The molecule has 1 aromatic carbocycles. The summed E-state index contributed by atoms with van der Waals surface area (Å²) in [5, 5.41) is 12.4. The summed E-state index contributed by atoms with van der Waals surface area (Å²) in [5.74, 6) is -0.314. The quantitative estimate of drug-likeness (QED) is 0.870. The number of hydrogen-bond acceptors (Lipinski definition) is 2. The number of aliphatic hydroxyl groups is 1. The first-order chi connectivity index (χ1) is 8.04. The third-order valence-corrected chi connectivity index (χ3v) is 4.11. The van der Waals surface area contributed by atoms with Gasteiger partial charge in [-0.15, -0.1) is 11.3 Å². The molecule has 0 radical (unpaired) electrons. The molecule has 0 saturated carbocycles. The Labute approximate surface area is 116 Å². The standard InChI is InChI=1S/C12H9BrClFOS/c13-8-1-7(2-10(15)4-8)3-11(16)12-5-9(14)6-17-12/h1-2,4-6,11,16H,3H2. The van der Waals surface area contributed by atoms with Gasteiger partial charge >= 0.3 is 0 Å². The molecule has 0 amide bonds. The molecule has 0 aliphatic carbocycles. The predicted molar refractivity (Wildman–Crippen MR) is 72.1 cm³/mol. The van der Waals surface area contributed by atoms with Crippen molar-refractivity contribution in [1.82, 2.24) is 0 Å². The summed E-state index contributed by atoms with van der Waals surface area (Å²) in [6.07, 6.45) is -0.283. The van der Waals surface area contributed by atoms with E-state index in [-0.39, 0.29) is 5.82 Å². The highest BCUT2D eigenvalue weighted by atomic mass is 79.9. The van der Waals surface area contributed by atoms with Crippen molar-refractivity contribution in [2.75, 3.05) is 0 Å². The van der Waals surface area contributed by atoms with Crippen molar-refractivity contribution in [2.45, 2.75) is 12.5 Å². The fourth-order valence-electron chi connectivity index (χ4n) is 1.56. The molecule has 2 rings (SSSR count). The lowest BCUT2D eigenvalue weighted by Gasteiger charge is -2.09. The summed E-state index contributed by atoms with van der Waals surface area (Å²) in [6.45, 7) is 0. The highest BCUT2D eigenvalue weighted by Crippen LogP contribution is 2.28. The molecule has 90 valence electrons. The van der Waals surface area contributed by atoms with E-state index in [1.54, 1.807) is 17.5 Å². The number of halogens is 3. The van der Waals surface area contributed by atoms with Crippen LogP contribution in [-0.4, -0.2) is 5.11 Å². The molecule has 1 heterocycles. The molecule has 0 spiro atoms. The molecule has 1 N–H and O–H groups in total. The van der Waals surface area contributed by atoms with Crippen LogP contribution in [0.4, 0.5) is 4.39 Å². The monoisotopic (exact) mass is 334 g/mol. The Kier molecular flexibility index (Phi) is 4.20. The average Bonchev–Trinajstić information content (AvgIpc) is 2.63. The van der Waals surface area contributed by atoms with Crippen LogP contribution in [0.25, 0.3) is 0 Å². The molecule has 0 aliphatic heterocycles. The van der Waals surface area contributed by atoms with E-state index in [1.165, 1.54) is 23.5 Å². The molecule has 17 heavy (non-hydrogen) atoms. The third-order valence-electron chi connectivity index (χ3n) is 2.27. The lowest BCUT2D eigenvalue weighted by Crippen LogP contribution is -2.00. The molecular formula is C12H9BrClFOS. The molecule has 0 saturated heterocycles. The van der Waals surface area contributed by atoms with E-state index < -0.39 is 6.10 Å². The topological polar surface area (TPSA) is 20.2 Å². The van der Waals surface area contributed by atoms with Gasteiger partial charge < -0.3 is 5.11 Å². The lowest BCUT2D eigenvalue weighted by molar-refractivity contribution is 0.182. The minimum Gasteiger partial charge on any atom is -0.387 e. The average molecular weight is 336 g/mol. The fourth-order valence-corrected chi connectivity index (χ4v) is 3.14. The summed E-state index contributed by atoms with van der Waals surface area (Å²) in [5.41, 5.74) is 0.744. The maximum absolute atomic E-state index is 13.2. The number of thiophene rings is 1. The minimum absolute atomic E-state index is 0.314. The van der Waals surface area contributed by atoms with Crippen LogP contribution in [0.5, 0.6) is 0 Å². The van der Waals surface area contributed by atoms with E-state index in [2.05, 4.69) is 15.9 Å². The van der Waals surface area contributed by atoms with Crippen LogP contribution in [0, 0.1) is 5.82 Å². The number of rotatable bonds is 3. The predicted octanol–water partition coefficient (Wildman–Crippen LogP) is 4.58. The zero-order chi connectivity index (χ0) is 12.4. The van der Waals surface area contributed by atoms with Crippen molar-refractivity contribution in [1.29, 1.82) is 0 Å². The van der Waals surface area contributed by atoms with Crippen molar-refractivity contribution in [2.24, 2.45) is 0 Å². The molecule has 0 aliphatic rings. The fraction of sp³-hybridized carbons (Fsp3) is 0.167. The van der Waals surface area contributed by atoms with Crippen LogP contribution in [-0.2, 0) is 6.42 Å². The Morgan fingerprint density at radius 1 is 1.35 bits per heavy atom. The van der Waals surface area contributed by atoms with Crippen LogP contribution in [0.3, 0.4) is 0 Å². The first kappa shape index (κ1) is 13.0. The van der Waals surface area contributed by atoms with Gasteiger partial charge in [0.1, 0.15) is 5.82 Å². The molecule has 1 unspecified atom stereocenters. The zero-order valence-electron chi connectivity index (χ0n) is 8.66. The summed E-state index contributed by atoms with van der Waals surface area (Å²) in [7, 11) is 0. The largest absolute Gasteiger partial charge is 0.387 e. The van der Waals surface area contributed by atoms with E-state index in [9.17, 15) is 9.50 Å². The van der Waals surface area contributed by atoms with Crippen LogP contribution in [0.1, 0.15) is 16.5 Å². The number of hydrogen-bond donors (Lipinski definition) is 1. The summed E-state index contributed by atoms with van der Waals surface area (Å²) in [4.78, 5) is 0.787. The van der Waals surface area contributed by atoms with Crippen molar-refractivity contribution in [3.05, 3.63) is 55.4 Å². The van der Waals surface area contributed by atoms with Gasteiger partial charge in [0.15, 0.2) is 0 Å². The van der Waals surface area contributed by atoms with Crippen molar-refractivity contribution < 1.29 is 9.50 Å². The van der Waals surface area contributed by atoms with Crippen molar-refractivity contribution >= 4 is 38.9 Å². The SMILES string of the molecule is OC(Cc1cc(F)cc(Br)c1)c1cc(Cl)cs1. The van der Waals surface area contributed by atoms with Crippen molar-refractivity contribution in [3.8, 4) is 0 Å². The molecule has 2 aromatic rings. The molecular weight excluding hydrogens is 327 g/mol. The highest BCUT2D eigenvalue weighted by molar-refractivity contribution is 9.10. The van der Waals surface area contributed by atoms with E-state index in [1.807, 2.05) is 0 Å². The van der Waals surface area contributed by atoms with Gasteiger partial charge in [0, 0.05) is 21.2 Å². The molecule has 5 heteroatoms. The first-order valence-electron chi connectivity index (χ1n) is 4.91. The normalized spacial score (nSPS) is 12.7. The second-order valence-electron chi connectivity index (χ2n) is 3.66. The summed E-state index contributed by atoms with van der Waals surface area (Å²) < 4.78 is 13.8. The van der Waals surface area contributed by atoms with Crippen molar-refractivity contribution in [3.63, 3.8) is 0 Å². The summed E-state index contributed by atoms with van der Waals surface area (Å²) >= 11 is 10.4. The number of aliphatic hydroxyl groups excluding tert-OH is 1. The van der Waals surface area contributed by atoms with Gasteiger partial charge in [0.25, 0.3) is 0 Å². The van der Waals surface area contributed by atoms with Gasteiger partial charge in [0.05, 0.1) is 11.1 Å². The Bertz CT molecular complexity index is 509. The van der Waals surface area contributed by atoms with E-state index >= 15 is 0 Å². The number of benzene rings is 1. The Morgan fingerprint density at radius 2 is 2.12 bits per heavy atom. The molecule has 0 fully saturated rings. The van der Waals surface area contributed by atoms with E-state index in [0.717, 1.165) is 10.4 Å². The van der Waals surface area contributed by atoms with Crippen LogP contribution in [0.15, 0.2) is 34.1 Å². The zero-order valence-corrected chi connectivity index (χ0v) is 11.8. The van der Waals surface area contributed by atoms with E-state index in [4.69, 9.17) is 11.6 Å². The third kappa shape index (κ3) is 3.52.